The van der Waals surface area contributed by atoms with E-state index in [1.165, 1.54) is 12.1 Å². The summed E-state index contributed by atoms with van der Waals surface area (Å²) in [7, 11) is 0. The van der Waals surface area contributed by atoms with Crippen LogP contribution in [0.5, 0.6) is 5.75 Å². The Bertz CT molecular complexity index is 1340. The Morgan fingerprint density at radius 3 is 2.15 bits per heavy atom. The summed E-state index contributed by atoms with van der Waals surface area (Å²) in [6.45, 7) is 3.52. The third kappa shape index (κ3) is 6.27. The summed E-state index contributed by atoms with van der Waals surface area (Å²) < 4.78 is 125. The molecule has 216 valence electrons. The summed E-state index contributed by atoms with van der Waals surface area (Å²) in [4.78, 5) is 0. The molecule has 10 heteroatoms. The zero-order chi connectivity index (χ0) is 29.2. The molecule has 1 aliphatic rings. The third-order valence-corrected chi connectivity index (χ3v) is 7.19. The van der Waals surface area contributed by atoms with Crippen molar-refractivity contribution in [3.8, 4) is 16.9 Å². The van der Waals surface area contributed by atoms with Crippen LogP contribution in [0.25, 0.3) is 11.1 Å². The molecule has 0 spiro atoms. The first-order chi connectivity index (χ1) is 18.9. The lowest BCUT2D eigenvalue weighted by Gasteiger charge is -2.29. The van der Waals surface area contributed by atoms with Crippen molar-refractivity contribution in [2.24, 2.45) is 5.92 Å². The van der Waals surface area contributed by atoms with Gasteiger partial charge in [0.05, 0.1) is 12.7 Å². The number of hydrogen-bond donors (Lipinski definition) is 0. The molecule has 2 unspecified atom stereocenters. The van der Waals surface area contributed by atoms with Crippen molar-refractivity contribution < 1.29 is 44.6 Å². The third-order valence-electron chi connectivity index (χ3n) is 7.19. The summed E-state index contributed by atoms with van der Waals surface area (Å²) in [5.74, 6) is -10.6. The normalized spacial score (nSPS) is 17.8. The monoisotopic (exact) mass is 572 g/mol. The molecule has 1 aliphatic heterocycles. The minimum atomic E-state index is -4.75. The SMILES string of the molecule is CCCCCC1CCC(c2ccc(-c3cc(F)c(C(F)(F)Oc4cc(F)c(F)c(F)c4C)c(F)c3)c(F)c2)OC1. The molecule has 1 fully saturated rings. The van der Waals surface area contributed by atoms with Crippen LogP contribution in [0.15, 0.2) is 36.4 Å². The molecule has 0 radical (unpaired) electrons. The van der Waals surface area contributed by atoms with Gasteiger partial charge < -0.3 is 9.47 Å². The highest BCUT2D eigenvalue weighted by Crippen LogP contribution is 2.40. The molecule has 0 N–H and O–H groups in total. The van der Waals surface area contributed by atoms with Crippen LogP contribution in [0, 0.1) is 47.7 Å². The Morgan fingerprint density at radius 2 is 1.55 bits per heavy atom. The molecule has 1 heterocycles. The van der Waals surface area contributed by atoms with Gasteiger partial charge in [0, 0.05) is 17.2 Å². The molecule has 1 saturated heterocycles. The van der Waals surface area contributed by atoms with E-state index in [0.29, 0.717) is 36.6 Å². The second-order valence-corrected chi connectivity index (χ2v) is 10.0. The van der Waals surface area contributed by atoms with Gasteiger partial charge >= 0.3 is 6.11 Å². The average Bonchev–Trinajstić information content (AvgIpc) is 2.90. The maximum Gasteiger partial charge on any atom is 0.432 e. The fraction of sp³-hybridized carbons (Fsp3) is 0.400. The summed E-state index contributed by atoms with van der Waals surface area (Å²) in [5.41, 5.74) is -2.72. The van der Waals surface area contributed by atoms with Gasteiger partial charge in [0.15, 0.2) is 17.5 Å². The number of benzene rings is 3. The van der Waals surface area contributed by atoms with Gasteiger partial charge in [0.1, 0.15) is 28.8 Å². The quantitative estimate of drug-likeness (QED) is 0.144. The second kappa shape index (κ2) is 12.2. The van der Waals surface area contributed by atoms with Crippen LogP contribution < -0.4 is 4.74 Å². The Morgan fingerprint density at radius 1 is 0.850 bits per heavy atom. The second-order valence-electron chi connectivity index (χ2n) is 10.0. The van der Waals surface area contributed by atoms with Crippen molar-refractivity contribution in [1.82, 2.24) is 0 Å². The van der Waals surface area contributed by atoms with E-state index in [1.54, 1.807) is 6.07 Å². The van der Waals surface area contributed by atoms with Crippen LogP contribution in [0.1, 0.15) is 68.2 Å². The van der Waals surface area contributed by atoms with Crippen LogP contribution >= 0.6 is 0 Å². The Kier molecular flexibility index (Phi) is 9.07. The van der Waals surface area contributed by atoms with E-state index in [1.807, 2.05) is 0 Å². The van der Waals surface area contributed by atoms with Gasteiger partial charge in [-0.3, -0.25) is 0 Å². The zero-order valence-corrected chi connectivity index (χ0v) is 21.9. The summed E-state index contributed by atoms with van der Waals surface area (Å²) in [6.07, 6.45) is 1.05. The molecule has 2 nitrogen and oxygen atoms in total. The molecule has 3 aromatic carbocycles. The van der Waals surface area contributed by atoms with Crippen LogP contribution in [-0.2, 0) is 10.8 Å². The summed E-state index contributed by atoms with van der Waals surface area (Å²) >= 11 is 0. The van der Waals surface area contributed by atoms with Crippen LogP contribution in [0.3, 0.4) is 0 Å². The van der Waals surface area contributed by atoms with Crippen LogP contribution in [-0.4, -0.2) is 6.61 Å². The first-order valence-corrected chi connectivity index (χ1v) is 13.0. The largest absolute Gasteiger partial charge is 0.432 e. The smallest absolute Gasteiger partial charge is 0.428 e. The average molecular weight is 573 g/mol. The lowest BCUT2D eigenvalue weighted by atomic mass is 9.90. The number of halogens is 8. The highest BCUT2D eigenvalue weighted by molar-refractivity contribution is 5.65. The first-order valence-electron chi connectivity index (χ1n) is 13.0. The molecule has 0 saturated carbocycles. The maximum absolute atomic E-state index is 15.0. The molecule has 0 aliphatic carbocycles. The van der Waals surface area contributed by atoms with Gasteiger partial charge in [-0.05, 0) is 61.4 Å². The predicted molar refractivity (Wildman–Crippen MR) is 133 cm³/mol. The van der Waals surface area contributed by atoms with E-state index < -0.39 is 57.9 Å². The van der Waals surface area contributed by atoms with Crippen molar-refractivity contribution in [3.63, 3.8) is 0 Å². The number of unbranched alkanes of at least 4 members (excludes halogenated alkanes) is 2. The molecular formula is C30H28F8O2. The highest BCUT2D eigenvalue weighted by atomic mass is 19.3. The van der Waals surface area contributed by atoms with Crippen molar-refractivity contribution in [2.75, 3.05) is 6.61 Å². The van der Waals surface area contributed by atoms with Crippen molar-refractivity contribution >= 4 is 0 Å². The Hall–Kier alpha value is -3.14. The van der Waals surface area contributed by atoms with Gasteiger partial charge in [-0.25, -0.2) is 26.3 Å². The molecule has 0 aromatic heterocycles. The van der Waals surface area contributed by atoms with Gasteiger partial charge in [-0.2, -0.15) is 8.78 Å². The van der Waals surface area contributed by atoms with E-state index in [9.17, 15) is 30.7 Å². The number of rotatable bonds is 9. The molecule has 2 atom stereocenters. The van der Waals surface area contributed by atoms with E-state index in [2.05, 4.69) is 11.7 Å². The van der Waals surface area contributed by atoms with Crippen molar-refractivity contribution in [2.45, 2.75) is 64.6 Å². The van der Waals surface area contributed by atoms with E-state index in [0.717, 1.165) is 39.0 Å². The first kappa shape index (κ1) is 29.8. The number of hydrogen-bond acceptors (Lipinski definition) is 2. The molecular weight excluding hydrogens is 544 g/mol. The topological polar surface area (TPSA) is 18.5 Å². The summed E-state index contributed by atoms with van der Waals surface area (Å²) in [6, 6.07) is 5.19. The molecule has 40 heavy (non-hydrogen) atoms. The lowest BCUT2D eigenvalue weighted by Crippen LogP contribution is -2.26. The fourth-order valence-corrected chi connectivity index (χ4v) is 4.91. The predicted octanol–water partition coefficient (Wildman–Crippen LogP) is 9.67. The van der Waals surface area contributed by atoms with E-state index in [4.69, 9.17) is 4.74 Å². The minimum Gasteiger partial charge on any atom is -0.428 e. The van der Waals surface area contributed by atoms with E-state index in [-0.39, 0.29) is 23.3 Å². The van der Waals surface area contributed by atoms with Gasteiger partial charge in [-0.1, -0.05) is 38.3 Å². The van der Waals surface area contributed by atoms with Crippen molar-refractivity contribution in [3.05, 3.63) is 88.0 Å². The summed E-state index contributed by atoms with van der Waals surface area (Å²) in [5, 5.41) is 0. The fourth-order valence-electron chi connectivity index (χ4n) is 4.91. The zero-order valence-electron chi connectivity index (χ0n) is 21.9. The Balaban J connectivity index is 1.53. The molecule has 0 amide bonds. The lowest BCUT2D eigenvalue weighted by molar-refractivity contribution is -0.190. The minimum absolute atomic E-state index is 0.144. The molecule has 4 rings (SSSR count). The van der Waals surface area contributed by atoms with E-state index >= 15 is 4.39 Å². The molecule has 0 bridgehead atoms. The highest BCUT2D eigenvalue weighted by Gasteiger charge is 2.42. The number of ether oxygens (including phenoxy) is 2. The maximum atomic E-state index is 15.0. The van der Waals surface area contributed by atoms with Crippen molar-refractivity contribution in [1.29, 1.82) is 0 Å². The van der Waals surface area contributed by atoms with Crippen LogP contribution in [0.2, 0.25) is 0 Å². The number of alkyl halides is 2. The Labute approximate surface area is 226 Å². The van der Waals surface area contributed by atoms with Gasteiger partial charge in [-0.15, -0.1) is 0 Å². The van der Waals surface area contributed by atoms with Gasteiger partial charge in [0.25, 0.3) is 0 Å². The molecule has 3 aromatic rings. The van der Waals surface area contributed by atoms with Crippen LogP contribution in [0.4, 0.5) is 35.1 Å². The van der Waals surface area contributed by atoms with Gasteiger partial charge in [0.2, 0.25) is 0 Å². The standard InChI is InChI=1S/C30H28F8O2/c1-3-4-5-6-17-7-10-25(39-15-17)18-8-9-20(21(31)11-18)19-12-22(32)27(23(33)13-19)30(37,38)40-26-14-24(34)29(36)28(35)16(26)2/h8-9,11-14,17,25H,3-7,10,15H2,1-2H3.